The van der Waals surface area contributed by atoms with E-state index in [1.54, 1.807) is 0 Å². The number of rotatable bonds is 6. The first-order chi connectivity index (χ1) is 9.72. The average molecular weight is 309 g/mol. The molecule has 0 aliphatic heterocycles. The monoisotopic (exact) mass is 308 g/mol. The third kappa shape index (κ3) is 3.95. The van der Waals surface area contributed by atoms with Crippen LogP contribution in [0.2, 0.25) is 10.0 Å². The number of nitrogens with zero attached hydrogens (tertiary/aromatic N) is 1. The summed E-state index contributed by atoms with van der Waals surface area (Å²) in [5.74, 6) is 0. The minimum absolute atomic E-state index is 0.121. The second-order valence-corrected chi connectivity index (χ2v) is 5.46. The van der Waals surface area contributed by atoms with E-state index in [4.69, 9.17) is 23.2 Å². The van der Waals surface area contributed by atoms with Crippen molar-refractivity contribution in [3.05, 3.63) is 63.9 Å². The molecule has 2 aromatic rings. The van der Waals surface area contributed by atoms with Gasteiger partial charge in [0.25, 0.3) is 0 Å². The van der Waals surface area contributed by atoms with E-state index in [2.05, 4.69) is 17.2 Å². The lowest BCUT2D eigenvalue weighted by atomic mass is 10.0. The molecule has 0 saturated heterocycles. The van der Waals surface area contributed by atoms with Crippen molar-refractivity contribution in [1.82, 2.24) is 10.3 Å². The van der Waals surface area contributed by atoms with Gasteiger partial charge in [0.1, 0.15) is 0 Å². The highest BCUT2D eigenvalue weighted by atomic mass is 35.5. The first kappa shape index (κ1) is 15.3. The highest BCUT2D eigenvalue weighted by Crippen LogP contribution is 2.31. The largest absolute Gasteiger partial charge is 0.310 e. The van der Waals surface area contributed by atoms with Crippen LogP contribution in [-0.2, 0) is 6.42 Å². The maximum Gasteiger partial charge on any atom is 0.0640 e. The molecule has 0 spiro atoms. The Kier molecular flexibility index (Phi) is 5.84. The van der Waals surface area contributed by atoms with E-state index in [1.807, 2.05) is 42.6 Å². The van der Waals surface area contributed by atoms with Gasteiger partial charge in [-0.2, -0.15) is 0 Å². The summed E-state index contributed by atoms with van der Waals surface area (Å²) in [7, 11) is 0. The Morgan fingerprint density at radius 3 is 2.70 bits per heavy atom. The zero-order valence-electron chi connectivity index (χ0n) is 11.4. The molecule has 106 valence electrons. The van der Waals surface area contributed by atoms with Crippen molar-refractivity contribution in [3.63, 3.8) is 0 Å². The van der Waals surface area contributed by atoms with Crippen molar-refractivity contribution in [2.24, 2.45) is 0 Å². The lowest BCUT2D eigenvalue weighted by molar-refractivity contribution is 0.524. The summed E-state index contributed by atoms with van der Waals surface area (Å²) in [6.45, 7) is 3.07. The minimum atomic E-state index is 0.121. The molecule has 1 unspecified atom stereocenters. The van der Waals surface area contributed by atoms with Gasteiger partial charge in [-0.1, -0.05) is 48.3 Å². The zero-order valence-corrected chi connectivity index (χ0v) is 13.0. The third-order valence-corrected chi connectivity index (χ3v) is 3.97. The van der Waals surface area contributed by atoms with E-state index >= 15 is 0 Å². The number of halogens is 2. The average Bonchev–Trinajstić information content (AvgIpc) is 2.48. The first-order valence-electron chi connectivity index (χ1n) is 6.79. The summed E-state index contributed by atoms with van der Waals surface area (Å²) >= 11 is 12.5. The number of hydrogen-bond donors (Lipinski definition) is 1. The Labute approximate surface area is 130 Å². The fourth-order valence-corrected chi connectivity index (χ4v) is 2.57. The summed E-state index contributed by atoms with van der Waals surface area (Å²) in [6.07, 6.45) is 3.67. The van der Waals surface area contributed by atoms with E-state index in [9.17, 15) is 0 Å². The summed E-state index contributed by atoms with van der Waals surface area (Å²) < 4.78 is 0. The molecule has 0 radical (unpaired) electrons. The number of nitrogens with one attached hydrogen (secondary N) is 1. The molecule has 0 aliphatic rings. The van der Waals surface area contributed by atoms with Gasteiger partial charge >= 0.3 is 0 Å². The van der Waals surface area contributed by atoms with Crippen LogP contribution in [0, 0.1) is 0 Å². The van der Waals surface area contributed by atoms with Crippen molar-refractivity contribution in [1.29, 1.82) is 0 Å². The van der Waals surface area contributed by atoms with Gasteiger partial charge in [0.05, 0.1) is 10.0 Å². The summed E-state index contributed by atoms with van der Waals surface area (Å²) in [5.41, 5.74) is 2.07. The summed E-state index contributed by atoms with van der Waals surface area (Å²) in [4.78, 5) is 4.39. The molecule has 1 aromatic heterocycles. The van der Waals surface area contributed by atoms with Crippen molar-refractivity contribution in [2.45, 2.75) is 25.8 Å². The maximum atomic E-state index is 6.34. The van der Waals surface area contributed by atoms with Crippen molar-refractivity contribution in [3.8, 4) is 0 Å². The van der Waals surface area contributed by atoms with E-state index in [0.29, 0.717) is 10.0 Å². The predicted molar refractivity (Wildman–Crippen MR) is 85.4 cm³/mol. The van der Waals surface area contributed by atoms with Crippen LogP contribution in [-0.4, -0.2) is 11.5 Å². The molecule has 0 amide bonds. The van der Waals surface area contributed by atoms with Crippen molar-refractivity contribution in [2.75, 3.05) is 6.54 Å². The predicted octanol–water partition coefficient (Wildman–Crippen LogP) is 4.67. The summed E-state index contributed by atoms with van der Waals surface area (Å²) in [5, 5.41) is 4.73. The van der Waals surface area contributed by atoms with Crippen LogP contribution < -0.4 is 5.32 Å². The quantitative estimate of drug-likeness (QED) is 0.838. The third-order valence-electron chi connectivity index (χ3n) is 3.14. The van der Waals surface area contributed by atoms with Gasteiger partial charge in [-0.3, -0.25) is 4.98 Å². The SMILES string of the molecule is CCCNC(Cc1ccccn1)c1cccc(Cl)c1Cl. The lowest BCUT2D eigenvalue weighted by Gasteiger charge is -2.20. The van der Waals surface area contributed by atoms with E-state index in [0.717, 1.165) is 30.6 Å². The van der Waals surface area contributed by atoms with Crippen LogP contribution in [0.3, 0.4) is 0 Å². The smallest absolute Gasteiger partial charge is 0.0640 e. The van der Waals surface area contributed by atoms with Gasteiger partial charge in [0, 0.05) is 24.4 Å². The normalized spacial score (nSPS) is 12.3. The molecular weight excluding hydrogens is 291 g/mol. The fourth-order valence-electron chi connectivity index (χ4n) is 2.13. The Hall–Kier alpha value is -1.09. The molecule has 1 aromatic carbocycles. The maximum absolute atomic E-state index is 6.34. The van der Waals surface area contributed by atoms with Gasteiger partial charge in [-0.25, -0.2) is 0 Å². The van der Waals surface area contributed by atoms with Gasteiger partial charge in [-0.15, -0.1) is 0 Å². The van der Waals surface area contributed by atoms with Crippen LogP contribution >= 0.6 is 23.2 Å². The topological polar surface area (TPSA) is 24.9 Å². The standard InChI is InChI=1S/C16H18Cl2N2/c1-2-9-20-15(11-12-6-3-4-10-19-12)13-7-5-8-14(17)16(13)18/h3-8,10,15,20H,2,9,11H2,1H3. The van der Waals surface area contributed by atoms with Crippen molar-refractivity contribution < 1.29 is 0 Å². The molecule has 1 N–H and O–H groups in total. The number of benzene rings is 1. The minimum Gasteiger partial charge on any atom is -0.310 e. The van der Waals surface area contributed by atoms with Crippen LogP contribution in [0.25, 0.3) is 0 Å². The molecule has 1 heterocycles. The Bertz CT molecular complexity index is 543. The van der Waals surface area contributed by atoms with Crippen LogP contribution in [0.1, 0.15) is 30.6 Å². The van der Waals surface area contributed by atoms with E-state index < -0.39 is 0 Å². The van der Waals surface area contributed by atoms with Crippen LogP contribution in [0.15, 0.2) is 42.6 Å². The molecular formula is C16H18Cl2N2. The molecule has 0 aliphatic carbocycles. The van der Waals surface area contributed by atoms with Gasteiger partial charge in [0.15, 0.2) is 0 Å². The lowest BCUT2D eigenvalue weighted by Crippen LogP contribution is -2.24. The molecule has 0 saturated carbocycles. The highest BCUT2D eigenvalue weighted by Gasteiger charge is 2.16. The molecule has 2 rings (SSSR count). The number of hydrogen-bond acceptors (Lipinski definition) is 2. The fraction of sp³-hybridized carbons (Fsp3) is 0.312. The van der Waals surface area contributed by atoms with E-state index in [1.165, 1.54) is 0 Å². The van der Waals surface area contributed by atoms with Gasteiger partial charge < -0.3 is 5.32 Å². The molecule has 4 heteroatoms. The Balaban J connectivity index is 2.25. The summed E-state index contributed by atoms with van der Waals surface area (Å²) in [6, 6.07) is 11.8. The molecule has 20 heavy (non-hydrogen) atoms. The molecule has 2 nitrogen and oxygen atoms in total. The van der Waals surface area contributed by atoms with E-state index in [-0.39, 0.29) is 6.04 Å². The zero-order chi connectivity index (χ0) is 14.4. The molecule has 1 atom stereocenters. The second-order valence-electron chi connectivity index (χ2n) is 4.67. The Morgan fingerprint density at radius 1 is 1.15 bits per heavy atom. The number of pyridine rings is 1. The second kappa shape index (κ2) is 7.63. The molecule has 0 fully saturated rings. The van der Waals surface area contributed by atoms with Crippen LogP contribution in [0.4, 0.5) is 0 Å². The highest BCUT2D eigenvalue weighted by molar-refractivity contribution is 6.42. The first-order valence-corrected chi connectivity index (χ1v) is 7.55. The van der Waals surface area contributed by atoms with Crippen molar-refractivity contribution >= 4 is 23.2 Å². The Morgan fingerprint density at radius 2 is 2.00 bits per heavy atom. The van der Waals surface area contributed by atoms with Gasteiger partial charge in [-0.05, 0) is 36.7 Å². The number of aromatic nitrogens is 1. The molecule has 0 bridgehead atoms. The van der Waals surface area contributed by atoms with Gasteiger partial charge in [0.2, 0.25) is 0 Å². The van der Waals surface area contributed by atoms with Crippen LogP contribution in [0.5, 0.6) is 0 Å².